The lowest BCUT2D eigenvalue weighted by Gasteiger charge is -2.11. The van der Waals surface area contributed by atoms with Crippen LogP contribution in [0.25, 0.3) is 11.0 Å². The molecule has 118 valence electrons. The summed E-state index contributed by atoms with van der Waals surface area (Å²) < 4.78 is 19.2. The fourth-order valence-corrected chi connectivity index (χ4v) is 2.63. The first-order valence-electron chi connectivity index (χ1n) is 7.17. The third kappa shape index (κ3) is 3.08. The van der Waals surface area contributed by atoms with Crippen molar-refractivity contribution < 1.29 is 8.81 Å². The quantitative estimate of drug-likeness (QED) is 0.700. The van der Waals surface area contributed by atoms with Crippen LogP contribution in [0.3, 0.4) is 0 Å². The molecule has 3 aromatic rings. The Morgan fingerprint density at radius 2 is 1.91 bits per heavy atom. The summed E-state index contributed by atoms with van der Waals surface area (Å²) in [4.78, 5) is 11.7. The van der Waals surface area contributed by atoms with Gasteiger partial charge in [-0.25, -0.2) is 9.18 Å². The monoisotopic (exact) mass is 331 g/mol. The van der Waals surface area contributed by atoms with Gasteiger partial charge in [0.15, 0.2) is 5.82 Å². The van der Waals surface area contributed by atoms with Crippen molar-refractivity contribution in [3.05, 3.63) is 74.3 Å². The van der Waals surface area contributed by atoms with Gasteiger partial charge in [0, 0.05) is 18.0 Å². The molecule has 0 saturated carbocycles. The molecule has 0 unspecified atom stereocenters. The molecule has 0 aliphatic rings. The van der Waals surface area contributed by atoms with Crippen molar-refractivity contribution in [1.29, 1.82) is 0 Å². The van der Waals surface area contributed by atoms with Crippen LogP contribution >= 0.6 is 11.6 Å². The van der Waals surface area contributed by atoms with E-state index in [9.17, 15) is 9.18 Å². The second kappa shape index (κ2) is 6.05. The third-order valence-corrected chi connectivity index (χ3v) is 4.16. The van der Waals surface area contributed by atoms with E-state index in [1.165, 1.54) is 12.1 Å². The van der Waals surface area contributed by atoms with Gasteiger partial charge in [-0.05, 0) is 54.8 Å². The molecule has 0 aliphatic heterocycles. The van der Waals surface area contributed by atoms with E-state index in [0.717, 1.165) is 22.1 Å². The molecule has 5 heteroatoms. The molecule has 0 fully saturated rings. The normalized spacial score (nSPS) is 11.0. The molecule has 1 N–H and O–H groups in total. The Balaban J connectivity index is 2.01. The Labute approximate surface area is 137 Å². The van der Waals surface area contributed by atoms with Crippen LogP contribution in [-0.4, -0.2) is 0 Å². The Morgan fingerprint density at radius 1 is 1.17 bits per heavy atom. The maximum absolute atomic E-state index is 13.9. The lowest BCUT2D eigenvalue weighted by atomic mass is 10.0. The Hall–Kier alpha value is -2.33. The zero-order valence-electron chi connectivity index (χ0n) is 12.7. The minimum Gasteiger partial charge on any atom is -0.423 e. The van der Waals surface area contributed by atoms with Crippen molar-refractivity contribution in [2.24, 2.45) is 0 Å². The second-order valence-electron chi connectivity index (χ2n) is 5.48. The summed E-state index contributed by atoms with van der Waals surface area (Å²) in [5.74, 6) is -0.506. The van der Waals surface area contributed by atoms with E-state index in [1.54, 1.807) is 12.1 Å². The largest absolute Gasteiger partial charge is 0.423 e. The van der Waals surface area contributed by atoms with Gasteiger partial charge in [0.1, 0.15) is 5.58 Å². The highest BCUT2D eigenvalue weighted by Crippen LogP contribution is 2.25. The van der Waals surface area contributed by atoms with Crippen LogP contribution in [0.15, 0.2) is 45.6 Å². The van der Waals surface area contributed by atoms with Crippen LogP contribution in [0.1, 0.15) is 16.7 Å². The number of nitrogens with one attached hydrogen (secondary N) is 1. The van der Waals surface area contributed by atoms with Crippen LogP contribution in [0.4, 0.5) is 10.1 Å². The van der Waals surface area contributed by atoms with Crippen molar-refractivity contribution in [2.75, 3.05) is 5.32 Å². The predicted octanol–water partition coefficient (Wildman–Crippen LogP) is 4.81. The lowest BCUT2D eigenvalue weighted by Crippen LogP contribution is -2.07. The maximum Gasteiger partial charge on any atom is 0.336 e. The fourth-order valence-electron chi connectivity index (χ4n) is 2.46. The molecule has 0 spiro atoms. The van der Waals surface area contributed by atoms with Gasteiger partial charge in [-0.3, -0.25) is 0 Å². The van der Waals surface area contributed by atoms with Crippen molar-refractivity contribution >= 4 is 28.3 Å². The van der Waals surface area contributed by atoms with Crippen molar-refractivity contribution in [3.63, 3.8) is 0 Å². The summed E-state index contributed by atoms with van der Waals surface area (Å²) in [6.07, 6.45) is 0. The summed E-state index contributed by atoms with van der Waals surface area (Å²) in [7, 11) is 0. The molecule has 1 heterocycles. The highest BCUT2D eigenvalue weighted by molar-refractivity contribution is 6.31. The minimum absolute atomic E-state index is 0.0545. The first-order valence-corrected chi connectivity index (χ1v) is 7.55. The number of rotatable bonds is 3. The smallest absolute Gasteiger partial charge is 0.336 e. The average Bonchev–Trinajstić information content (AvgIpc) is 2.50. The number of halogens is 2. The highest BCUT2D eigenvalue weighted by atomic mass is 35.5. The first-order chi connectivity index (χ1) is 11.0. The van der Waals surface area contributed by atoms with Gasteiger partial charge in [-0.15, -0.1) is 0 Å². The zero-order valence-corrected chi connectivity index (χ0v) is 13.5. The molecular formula is C18H15ClFNO2. The summed E-state index contributed by atoms with van der Waals surface area (Å²) in [6, 6.07) is 9.99. The highest BCUT2D eigenvalue weighted by Gasteiger charge is 2.10. The first kappa shape index (κ1) is 15.6. The molecular weight excluding hydrogens is 317 g/mol. The van der Waals surface area contributed by atoms with Crippen LogP contribution in [0.2, 0.25) is 5.02 Å². The molecule has 23 heavy (non-hydrogen) atoms. The molecule has 0 aliphatic carbocycles. The van der Waals surface area contributed by atoms with Crippen LogP contribution in [-0.2, 0) is 6.54 Å². The summed E-state index contributed by atoms with van der Waals surface area (Å²) in [5.41, 5.74) is 3.29. The molecule has 0 bridgehead atoms. The van der Waals surface area contributed by atoms with Gasteiger partial charge in [0.2, 0.25) is 0 Å². The maximum atomic E-state index is 13.9. The van der Waals surface area contributed by atoms with E-state index < -0.39 is 11.4 Å². The van der Waals surface area contributed by atoms with Crippen molar-refractivity contribution in [2.45, 2.75) is 20.4 Å². The van der Waals surface area contributed by atoms with Crippen LogP contribution in [0, 0.1) is 19.7 Å². The van der Waals surface area contributed by atoms with Crippen LogP contribution in [0.5, 0.6) is 0 Å². The number of hydrogen-bond acceptors (Lipinski definition) is 3. The Morgan fingerprint density at radius 3 is 2.70 bits per heavy atom. The molecule has 2 aromatic carbocycles. The lowest BCUT2D eigenvalue weighted by molar-refractivity contribution is 0.559. The zero-order chi connectivity index (χ0) is 16.6. The van der Waals surface area contributed by atoms with Gasteiger partial charge in [-0.1, -0.05) is 17.7 Å². The molecule has 0 saturated heterocycles. The van der Waals surface area contributed by atoms with Gasteiger partial charge < -0.3 is 9.73 Å². The van der Waals surface area contributed by atoms with E-state index in [2.05, 4.69) is 5.32 Å². The van der Waals surface area contributed by atoms with Crippen molar-refractivity contribution in [3.8, 4) is 0 Å². The number of anilines is 1. The summed E-state index contributed by atoms with van der Waals surface area (Å²) >= 11 is 5.77. The van der Waals surface area contributed by atoms with Crippen LogP contribution < -0.4 is 10.9 Å². The number of hydrogen-bond donors (Lipinski definition) is 1. The molecule has 0 radical (unpaired) electrons. The van der Waals surface area contributed by atoms with E-state index in [4.69, 9.17) is 16.0 Å². The van der Waals surface area contributed by atoms with Gasteiger partial charge in [0.25, 0.3) is 0 Å². The molecule has 1 aromatic heterocycles. The van der Waals surface area contributed by atoms with E-state index in [1.807, 2.05) is 26.0 Å². The minimum atomic E-state index is -0.506. The predicted molar refractivity (Wildman–Crippen MR) is 90.7 cm³/mol. The molecule has 0 atom stereocenters. The Bertz CT molecular complexity index is 950. The molecule has 3 nitrogen and oxygen atoms in total. The number of benzene rings is 2. The van der Waals surface area contributed by atoms with E-state index in [0.29, 0.717) is 17.8 Å². The van der Waals surface area contributed by atoms with Gasteiger partial charge >= 0.3 is 5.63 Å². The van der Waals surface area contributed by atoms with Gasteiger partial charge in [0.05, 0.1) is 10.7 Å². The standard InChI is InChI=1S/C18H15ClFNO2/c1-10-6-13-12(8-17(22)23-16(13)7-11(10)2)9-21-15-5-3-4-14(19)18(15)20/h3-8,21H,9H2,1-2H3. The van der Waals surface area contributed by atoms with Crippen molar-refractivity contribution in [1.82, 2.24) is 0 Å². The SMILES string of the molecule is Cc1cc2oc(=O)cc(CNc3cccc(Cl)c3F)c2cc1C. The molecule has 0 amide bonds. The number of fused-ring (bicyclic) bond motifs is 1. The third-order valence-electron chi connectivity index (χ3n) is 3.87. The summed E-state index contributed by atoms with van der Waals surface area (Å²) in [6.45, 7) is 4.25. The van der Waals surface area contributed by atoms with Gasteiger partial charge in [-0.2, -0.15) is 0 Å². The second-order valence-corrected chi connectivity index (χ2v) is 5.89. The summed E-state index contributed by atoms with van der Waals surface area (Å²) in [5, 5.41) is 3.87. The van der Waals surface area contributed by atoms with E-state index in [-0.39, 0.29) is 5.02 Å². The topological polar surface area (TPSA) is 42.2 Å². The molecule has 3 rings (SSSR count). The van der Waals surface area contributed by atoms with E-state index >= 15 is 0 Å². The number of aryl methyl sites for hydroxylation is 2. The average molecular weight is 332 g/mol. The fraction of sp³-hybridized carbons (Fsp3) is 0.167. The Kier molecular flexibility index (Phi) is 4.09.